The van der Waals surface area contributed by atoms with Crippen molar-refractivity contribution < 1.29 is 9.59 Å². The number of carbonyl (C=O) groups excluding carboxylic acids is 2. The highest BCUT2D eigenvalue weighted by Crippen LogP contribution is 2.22. The first-order chi connectivity index (χ1) is 15.4. The van der Waals surface area contributed by atoms with E-state index in [1.165, 1.54) is 11.8 Å². The zero-order valence-corrected chi connectivity index (χ0v) is 19.5. The highest BCUT2D eigenvalue weighted by Gasteiger charge is 2.17. The number of para-hydroxylation sites is 1. The predicted molar refractivity (Wildman–Crippen MR) is 129 cm³/mol. The van der Waals surface area contributed by atoms with E-state index < -0.39 is 0 Å². The highest BCUT2D eigenvalue weighted by molar-refractivity contribution is 7.99. The van der Waals surface area contributed by atoms with Crippen LogP contribution in [0.3, 0.4) is 0 Å². The van der Waals surface area contributed by atoms with Gasteiger partial charge in [0.05, 0.1) is 22.9 Å². The molecule has 7 nitrogen and oxygen atoms in total. The monoisotopic (exact) mass is 469 g/mol. The van der Waals surface area contributed by atoms with Gasteiger partial charge < -0.3 is 15.2 Å². The maximum absolute atomic E-state index is 12.5. The summed E-state index contributed by atoms with van der Waals surface area (Å²) in [7, 11) is 0. The molecule has 0 saturated carbocycles. The van der Waals surface area contributed by atoms with Crippen LogP contribution >= 0.6 is 23.4 Å². The molecule has 1 aromatic heterocycles. The summed E-state index contributed by atoms with van der Waals surface area (Å²) in [5.41, 5.74) is 3.46. The number of halogens is 1. The van der Waals surface area contributed by atoms with Crippen LogP contribution < -0.4 is 10.6 Å². The molecule has 0 aliphatic heterocycles. The molecule has 3 rings (SSSR count). The number of hydrogen-bond acceptors (Lipinski definition) is 5. The van der Waals surface area contributed by atoms with Crippen LogP contribution in [0.2, 0.25) is 5.02 Å². The number of hydrogen-bond donors (Lipinski definition) is 2. The van der Waals surface area contributed by atoms with Crippen LogP contribution in [-0.4, -0.2) is 32.3 Å². The summed E-state index contributed by atoms with van der Waals surface area (Å²) in [6.07, 6.45) is 1.71. The Morgan fingerprint density at radius 1 is 1.09 bits per heavy atom. The third-order valence-electron chi connectivity index (χ3n) is 4.56. The average Bonchev–Trinajstić information content (AvgIpc) is 3.12. The van der Waals surface area contributed by atoms with Crippen molar-refractivity contribution in [1.82, 2.24) is 14.8 Å². The van der Waals surface area contributed by atoms with Crippen LogP contribution in [0.4, 0.5) is 11.4 Å². The van der Waals surface area contributed by atoms with E-state index in [9.17, 15) is 9.59 Å². The normalized spacial score (nSPS) is 10.6. The molecule has 0 bridgehead atoms. The Morgan fingerprint density at radius 2 is 1.84 bits per heavy atom. The standard InChI is InChI=1S/C23H24ClN5O2S/c1-4-11-29-20(13-21(30)26-19-8-6-5-7-17(19)24)27-28-23(29)32-14-22(31)25-18-10-9-15(2)12-16(18)3/h4-10,12H,1,11,13-14H2,2-3H3,(H,25,31)(H,26,30). The molecule has 0 aliphatic carbocycles. The summed E-state index contributed by atoms with van der Waals surface area (Å²) in [5, 5.41) is 15.0. The number of aromatic nitrogens is 3. The number of rotatable bonds is 9. The van der Waals surface area contributed by atoms with Crippen molar-refractivity contribution in [3.05, 3.63) is 77.1 Å². The number of nitrogens with one attached hydrogen (secondary N) is 2. The third kappa shape index (κ3) is 6.21. The summed E-state index contributed by atoms with van der Waals surface area (Å²) in [5.74, 6) is 0.230. The van der Waals surface area contributed by atoms with Gasteiger partial charge in [-0.3, -0.25) is 9.59 Å². The van der Waals surface area contributed by atoms with Crippen LogP contribution in [-0.2, 0) is 22.6 Å². The molecule has 3 aromatic rings. The van der Waals surface area contributed by atoms with Crippen molar-refractivity contribution in [3.8, 4) is 0 Å². The van der Waals surface area contributed by atoms with Gasteiger partial charge in [0.25, 0.3) is 0 Å². The molecule has 2 amide bonds. The van der Waals surface area contributed by atoms with E-state index in [0.717, 1.165) is 16.8 Å². The minimum Gasteiger partial charge on any atom is -0.325 e. The lowest BCUT2D eigenvalue weighted by molar-refractivity contribution is -0.116. The Bertz CT molecular complexity index is 1150. The largest absolute Gasteiger partial charge is 0.325 e. The van der Waals surface area contributed by atoms with Gasteiger partial charge in [-0.05, 0) is 37.6 Å². The average molecular weight is 470 g/mol. The van der Waals surface area contributed by atoms with Gasteiger partial charge in [-0.25, -0.2) is 0 Å². The summed E-state index contributed by atoms with van der Waals surface area (Å²) >= 11 is 7.35. The number of anilines is 2. The first kappa shape index (κ1) is 23.6. The molecular formula is C23H24ClN5O2S. The molecule has 2 N–H and O–H groups in total. The fraction of sp³-hybridized carbons (Fsp3) is 0.217. The molecule has 9 heteroatoms. The van der Waals surface area contributed by atoms with E-state index in [-0.39, 0.29) is 24.0 Å². The Kier molecular flexibility index (Phi) is 8.08. The smallest absolute Gasteiger partial charge is 0.234 e. The molecule has 166 valence electrons. The van der Waals surface area contributed by atoms with Gasteiger partial charge in [0.15, 0.2) is 5.16 Å². The van der Waals surface area contributed by atoms with Crippen molar-refractivity contribution in [1.29, 1.82) is 0 Å². The topological polar surface area (TPSA) is 88.9 Å². The first-order valence-corrected chi connectivity index (χ1v) is 11.3. The van der Waals surface area contributed by atoms with E-state index in [0.29, 0.717) is 28.2 Å². The summed E-state index contributed by atoms with van der Waals surface area (Å²) in [6.45, 7) is 8.14. The zero-order chi connectivity index (χ0) is 23.1. The van der Waals surface area contributed by atoms with Crippen molar-refractivity contribution in [2.75, 3.05) is 16.4 Å². The van der Waals surface area contributed by atoms with E-state index >= 15 is 0 Å². The van der Waals surface area contributed by atoms with Crippen molar-refractivity contribution in [3.63, 3.8) is 0 Å². The van der Waals surface area contributed by atoms with Crippen molar-refractivity contribution in [2.24, 2.45) is 0 Å². The van der Waals surface area contributed by atoms with Crippen molar-refractivity contribution >= 4 is 46.6 Å². The van der Waals surface area contributed by atoms with Crippen LogP contribution in [0.25, 0.3) is 0 Å². The molecular weight excluding hydrogens is 446 g/mol. The summed E-state index contributed by atoms with van der Waals surface area (Å²) < 4.78 is 1.77. The molecule has 0 fully saturated rings. The van der Waals surface area contributed by atoms with E-state index in [1.54, 1.807) is 34.9 Å². The van der Waals surface area contributed by atoms with Crippen LogP contribution in [0, 0.1) is 13.8 Å². The number of benzene rings is 2. The van der Waals surface area contributed by atoms with Gasteiger partial charge in [-0.2, -0.15) is 0 Å². The summed E-state index contributed by atoms with van der Waals surface area (Å²) in [6, 6.07) is 12.9. The molecule has 1 heterocycles. The first-order valence-electron chi connectivity index (χ1n) is 9.94. The molecule has 2 aromatic carbocycles. The summed E-state index contributed by atoms with van der Waals surface area (Å²) in [4.78, 5) is 24.9. The number of amides is 2. The van der Waals surface area contributed by atoms with Gasteiger partial charge in [0.2, 0.25) is 11.8 Å². The lowest BCUT2D eigenvalue weighted by Gasteiger charge is -2.10. The number of aryl methyl sites for hydroxylation is 2. The quantitative estimate of drug-likeness (QED) is 0.352. The molecule has 0 aliphatic rings. The number of nitrogens with zero attached hydrogens (tertiary/aromatic N) is 3. The Labute approximate surface area is 196 Å². The van der Waals surface area contributed by atoms with Gasteiger partial charge in [0.1, 0.15) is 5.82 Å². The third-order valence-corrected chi connectivity index (χ3v) is 5.86. The highest BCUT2D eigenvalue weighted by atomic mass is 35.5. The lowest BCUT2D eigenvalue weighted by Crippen LogP contribution is -2.18. The zero-order valence-electron chi connectivity index (χ0n) is 17.9. The van der Waals surface area contributed by atoms with Crippen LogP contribution in [0.1, 0.15) is 17.0 Å². The maximum Gasteiger partial charge on any atom is 0.234 e. The Balaban J connectivity index is 1.63. The van der Waals surface area contributed by atoms with Crippen LogP contribution in [0.5, 0.6) is 0 Å². The van der Waals surface area contributed by atoms with Crippen molar-refractivity contribution in [2.45, 2.75) is 32.0 Å². The predicted octanol–water partition coefficient (Wildman–Crippen LogP) is 4.65. The minimum atomic E-state index is -0.264. The maximum atomic E-state index is 12.5. The molecule has 0 unspecified atom stereocenters. The SMILES string of the molecule is C=CCn1c(CC(=O)Nc2ccccc2Cl)nnc1SCC(=O)Nc1ccc(C)cc1C. The molecule has 0 atom stereocenters. The fourth-order valence-corrected chi connectivity index (χ4v) is 3.99. The second kappa shape index (κ2) is 11.0. The van der Waals surface area contributed by atoms with E-state index in [1.807, 2.05) is 32.0 Å². The van der Waals surface area contributed by atoms with Gasteiger partial charge in [-0.15, -0.1) is 16.8 Å². The lowest BCUT2D eigenvalue weighted by atomic mass is 10.1. The number of allylic oxidation sites excluding steroid dienone is 1. The van der Waals surface area contributed by atoms with Gasteiger partial charge in [-0.1, -0.05) is 59.3 Å². The second-order valence-corrected chi connectivity index (χ2v) is 8.51. The van der Waals surface area contributed by atoms with Gasteiger partial charge >= 0.3 is 0 Å². The van der Waals surface area contributed by atoms with Crippen LogP contribution in [0.15, 0.2) is 60.3 Å². The molecule has 0 radical (unpaired) electrons. The Hall–Kier alpha value is -3.10. The fourth-order valence-electron chi connectivity index (χ4n) is 3.04. The van der Waals surface area contributed by atoms with E-state index in [4.69, 9.17) is 11.6 Å². The number of thioether (sulfide) groups is 1. The molecule has 0 saturated heterocycles. The van der Waals surface area contributed by atoms with E-state index in [2.05, 4.69) is 27.4 Å². The minimum absolute atomic E-state index is 0.0153. The number of carbonyl (C=O) groups is 2. The second-order valence-electron chi connectivity index (χ2n) is 7.16. The molecule has 32 heavy (non-hydrogen) atoms. The molecule has 0 spiro atoms. The Morgan fingerprint density at radius 3 is 2.56 bits per heavy atom. The van der Waals surface area contributed by atoms with Gasteiger partial charge in [0, 0.05) is 12.2 Å².